The van der Waals surface area contributed by atoms with Crippen LogP contribution in [0.25, 0.3) is 0 Å². The maximum absolute atomic E-state index is 11.3. The number of carbonyl (C=O) groups is 1. The maximum Gasteiger partial charge on any atom is 0.258 e. The predicted octanol–water partition coefficient (Wildman–Crippen LogP) is 2.87. The molecule has 0 aromatic heterocycles. The van der Waals surface area contributed by atoms with Gasteiger partial charge < -0.3 is 15.8 Å². The van der Waals surface area contributed by atoms with Gasteiger partial charge in [-0.2, -0.15) is 0 Å². The maximum atomic E-state index is 11.3. The predicted molar refractivity (Wildman–Crippen MR) is 81.9 cm³/mol. The van der Waals surface area contributed by atoms with Crippen molar-refractivity contribution in [2.75, 3.05) is 0 Å². The van der Waals surface area contributed by atoms with Gasteiger partial charge in [0.25, 0.3) is 5.91 Å². The summed E-state index contributed by atoms with van der Waals surface area (Å²) >= 11 is 6.18. The first-order valence-electron chi connectivity index (χ1n) is 6.73. The first kappa shape index (κ1) is 16.8. The SMILES string of the molecule is CCC(Oc1c(Cl)cccc1CNC(C)(C)C)C(N)=O. The molecule has 1 aromatic carbocycles. The normalized spacial score (nSPS) is 13.1. The van der Waals surface area contributed by atoms with Gasteiger partial charge in [-0.3, -0.25) is 4.79 Å². The minimum Gasteiger partial charge on any atom is -0.479 e. The van der Waals surface area contributed by atoms with Gasteiger partial charge in [-0.05, 0) is 33.3 Å². The van der Waals surface area contributed by atoms with Crippen LogP contribution in [0.4, 0.5) is 0 Å². The third kappa shape index (κ3) is 5.02. The zero-order valence-electron chi connectivity index (χ0n) is 12.5. The van der Waals surface area contributed by atoms with Crippen LogP contribution in [0, 0.1) is 0 Å². The number of amides is 1. The van der Waals surface area contributed by atoms with Crippen LogP contribution in [-0.4, -0.2) is 17.6 Å². The molecule has 1 unspecified atom stereocenters. The van der Waals surface area contributed by atoms with Crippen molar-refractivity contribution >= 4 is 17.5 Å². The lowest BCUT2D eigenvalue weighted by Crippen LogP contribution is -2.36. The largest absolute Gasteiger partial charge is 0.479 e. The molecule has 0 heterocycles. The number of hydrogen-bond acceptors (Lipinski definition) is 3. The fraction of sp³-hybridized carbons (Fsp3) is 0.533. The van der Waals surface area contributed by atoms with Crippen molar-refractivity contribution in [1.29, 1.82) is 0 Å². The van der Waals surface area contributed by atoms with Gasteiger partial charge >= 0.3 is 0 Å². The molecular formula is C15H23ClN2O2. The van der Waals surface area contributed by atoms with E-state index in [1.165, 1.54) is 0 Å². The van der Waals surface area contributed by atoms with Crippen LogP contribution in [0.2, 0.25) is 5.02 Å². The second-order valence-corrected chi connectivity index (χ2v) is 6.16. The lowest BCUT2D eigenvalue weighted by Gasteiger charge is -2.23. The van der Waals surface area contributed by atoms with E-state index in [-0.39, 0.29) is 5.54 Å². The Morgan fingerprint density at radius 2 is 2.10 bits per heavy atom. The number of benzene rings is 1. The third-order valence-electron chi connectivity index (χ3n) is 2.81. The van der Waals surface area contributed by atoms with Crippen LogP contribution >= 0.6 is 11.6 Å². The highest BCUT2D eigenvalue weighted by Gasteiger charge is 2.19. The first-order chi connectivity index (χ1) is 9.24. The quantitative estimate of drug-likeness (QED) is 0.849. The van der Waals surface area contributed by atoms with Crippen molar-refractivity contribution in [1.82, 2.24) is 5.32 Å². The average molecular weight is 299 g/mol. The van der Waals surface area contributed by atoms with Crippen molar-refractivity contribution in [2.45, 2.75) is 52.3 Å². The van der Waals surface area contributed by atoms with Crippen LogP contribution in [-0.2, 0) is 11.3 Å². The highest BCUT2D eigenvalue weighted by Crippen LogP contribution is 2.30. The summed E-state index contributed by atoms with van der Waals surface area (Å²) in [6.07, 6.45) is -0.157. The van der Waals surface area contributed by atoms with Gasteiger partial charge in [0.15, 0.2) is 6.10 Å². The van der Waals surface area contributed by atoms with E-state index < -0.39 is 12.0 Å². The summed E-state index contributed by atoms with van der Waals surface area (Å²) < 4.78 is 5.71. The van der Waals surface area contributed by atoms with Gasteiger partial charge in [0.1, 0.15) is 5.75 Å². The minimum atomic E-state index is -0.664. The number of halogens is 1. The fourth-order valence-corrected chi connectivity index (χ4v) is 1.91. The number of nitrogens with one attached hydrogen (secondary N) is 1. The van der Waals surface area contributed by atoms with E-state index in [4.69, 9.17) is 22.1 Å². The Morgan fingerprint density at radius 1 is 1.45 bits per heavy atom. The summed E-state index contributed by atoms with van der Waals surface area (Å²) in [5, 5.41) is 3.86. The average Bonchev–Trinajstić information content (AvgIpc) is 2.33. The Labute approximate surface area is 125 Å². The molecule has 1 aromatic rings. The summed E-state index contributed by atoms with van der Waals surface area (Å²) in [5.41, 5.74) is 6.20. The van der Waals surface area contributed by atoms with Crippen LogP contribution in [0.5, 0.6) is 5.75 Å². The van der Waals surface area contributed by atoms with Gasteiger partial charge in [-0.15, -0.1) is 0 Å². The Morgan fingerprint density at radius 3 is 2.60 bits per heavy atom. The van der Waals surface area contributed by atoms with Crippen LogP contribution in [0.15, 0.2) is 18.2 Å². The summed E-state index contributed by atoms with van der Waals surface area (Å²) in [5.74, 6) is 0.0405. The van der Waals surface area contributed by atoms with Crippen molar-refractivity contribution < 1.29 is 9.53 Å². The van der Waals surface area contributed by atoms with Crippen LogP contribution in [0.1, 0.15) is 39.7 Å². The lowest BCUT2D eigenvalue weighted by atomic mass is 10.1. The monoisotopic (exact) mass is 298 g/mol. The number of primary amides is 1. The smallest absolute Gasteiger partial charge is 0.258 e. The zero-order valence-corrected chi connectivity index (χ0v) is 13.3. The Balaban J connectivity index is 2.96. The van der Waals surface area contributed by atoms with Gasteiger partial charge in [0, 0.05) is 17.6 Å². The summed E-state index contributed by atoms with van der Waals surface area (Å²) in [4.78, 5) is 11.3. The molecule has 1 amide bonds. The Kier molecular flexibility index (Phi) is 5.84. The summed E-state index contributed by atoms with van der Waals surface area (Å²) in [6, 6.07) is 5.53. The highest BCUT2D eigenvalue weighted by atomic mass is 35.5. The molecule has 112 valence electrons. The molecule has 20 heavy (non-hydrogen) atoms. The van der Waals surface area contributed by atoms with E-state index in [0.717, 1.165) is 5.56 Å². The Bertz CT molecular complexity index is 469. The van der Waals surface area contributed by atoms with Crippen molar-refractivity contribution in [3.63, 3.8) is 0 Å². The van der Waals surface area contributed by atoms with E-state index in [9.17, 15) is 4.79 Å². The second-order valence-electron chi connectivity index (χ2n) is 5.75. The van der Waals surface area contributed by atoms with Crippen molar-refractivity contribution in [3.8, 4) is 5.75 Å². The zero-order chi connectivity index (χ0) is 15.3. The molecule has 1 rings (SSSR count). The number of hydrogen-bond donors (Lipinski definition) is 2. The molecule has 0 aliphatic carbocycles. The summed E-state index contributed by atoms with van der Waals surface area (Å²) in [7, 11) is 0. The molecular weight excluding hydrogens is 276 g/mol. The molecule has 0 aliphatic heterocycles. The number of carbonyl (C=O) groups excluding carboxylic acids is 1. The lowest BCUT2D eigenvalue weighted by molar-refractivity contribution is -0.124. The molecule has 0 aliphatic rings. The highest BCUT2D eigenvalue weighted by molar-refractivity contribution is 6.32. The molecule has 0 fully saturated rings. The number of para-hydroxylation sites is 1. The van der Waals surface area contributed by atoms with Crippen LogP contribution in [0.3, 0.4) is 0 Å². The first-order valence-corrected chi connectivity index (χ1v) is 7.10. The number of rotatable bonds is 6. The van der Waals surface area contributed by atoms with Gasteiger partial charge in [0.2, 0.25) is 0 Å². The molecule has 0 bridgehead atoms. The van der Waals surface area contributed by atoms with Crippen molar-refractivity contribution in [2.24, 2.45) is 5.73 Å². The third-order valence-corrected chi connectivity index (χ3v) is 3.10. The van der Waals surface area contributed by atoms with E-state index in [0.29, 0.717) is 23.7 Å². The number of nitrogens with two attached hydrogens (primary N) is 1. The molecule has 3 N–H and O–H groups in total. The summed E-state index contributed by atoms with van der Waals surface area (Å²) in [6.45, 7) is 8.69. The molecule has 5 heteroatoms. The van der Waals surface area contributed by atoms with Gasteiger partial charge in [-0.25, -0.2) is 0 Å². The van der Waals surface area contributed by atoms with E-state index in [1.807, 2.05) is 19.1 Å². The molecule has 1 atom stereocenters. The topological polar surface area (TPSA) is 64.3 Å². The van der Waals surface area contributed by atoms with E-state index in [1.54, 1.807) is 6.07 Å². The molecule has 4 nitrogen and oxygen atoms in total. The second kappa shape index (κ2) is 6.95. The van der Waals surface area contributed by atoms with Crippen molar-refractivity contribution in [3.05, 3.63) is 28.8 Å². The number of ether oxygens (including phenoxy) is 1. The Hall–Kier alpha value is -1.26. The minimum absolute atomic E-state index is 0.0204. The molecule has 0 spiro atoms. The molecule has 0 radical (unpaired) electrons. The standard InChI is InChI=1S/C15H23ClN2O2/c1-5-12(14(17)19)20-13-10(7-6-8-11(13)16)9-18-15(2,3)4/h6-8,12,18H,5,9H2,1-4H3,(H2,17,19). The van der Waals surface area contributed by atoms with E-state index >= 15 is 0 Å². The molecule has 0 saturated carbocycles. The van der Waals surface area contributed by atoms with Gasteiger partial charge in [0.05, 0.1) is 5.02 Å². The van der Waals surface area contributed by atoms with Gasteiger partial charge in [-0.1, -0.05) is 30.7 Å². The van der Waals surface area contributed by atoms with E-state index in [2.05, 4.69) is 26.1 Å². The fourth-order valence-electron chi connectivity index (χ4n) is 1.67. The molecule has 0 saturated heterocycles. The van der Waals surface area contributed by atoms with Crippen LogP contribution < -0.4 is 15.8 Å².